The maximum atomic E-state index is 10.3. The van der Waals surface area contributed by atoms with Crippen LogP contribution in [0.5, 0.6) is 0 Å². The van der Waals surface area contributed by atoms with Gasteiger partial charge >= 0.3 is 0 Å². The van der Waals surface area contributed by atoms with Crippen LogP contribution in [0.2, 0.25) is 0 Å². The summed E-state index contributed by atoms with van der Waals surface area (Å²) >= 11 is 0. The second-order valence-electron chi connectivity index (χ2n) is 8.10. The van der Waals surface area contributed by atoms with Gasteiger partial charge in [0.05, 0.1) is 18.3 Å². The standard InChI is InChI=1S/C22H43NO3/c1-2-18(24)13-9-5-3-6-10-14-19-20(22(26)17-21(19)25)15-11-7-4-8-12-16-23/h7,11,18-22,24-26H,2-6,8-10,12-17,23H2,1H3/b11-7-/t18?,19?,20?,21-,22+/m0/s1. The fourth-order valence-electron chi connectivity index (χ4n) is 4.18. The van der Waals surface area contributed by atoms with Crippen LogP contribution in [0.1, 0.15) is 90.4 Å². The summed E-state index contributed by atoms with van der Waals surface area (Å²) < 4.78 is 0. The van der Waals surface area contributed by atoms with Crippen LogP contribution in [0.15, 0.2) is 12.2 Å². The van der Waals surface area contributed by atoms with Gasteiger partial charge in [0.2, 0.25) is 0 Å². The number of aliphatic hydroxyl groups excluding tert-OH is 3. The smallest absolute Gasteiger partial charge is 0.0599 e. The molecule has 0 heterocycles. The maximum absolute atomic E-state index is 10.3. The predicted octanol–water partition coefficient (Wildman–Crippen LogP) is 3.92. The van der Waals surface area contributed by atoms with E-state index >= 15 is 0 Å². The van der Waals surface area contributed by atoms with Crippen molar-refractivity contribution in [3.63, 3.8) is 0 Å². The van der Waals surface area contributed by atoms with Gasteiger partial charge in [-0.3, -0.25) is 0 Å². The highest BCUT2D eigenvalue weighted by Crippen LogP contribution is 2.38. The van der Waals surface area contributed by atoms with Crippen LogP contribution in [-0.2, 0) is 0 Å². The molecule has 4 nitrogen and oxygen atoms in total. The Balaban J connectivity index is 2.20. The van der Waals surface area contributed by atoms with Crippen LogP contribution in [0, 0.1) is 11.8 Å². The lowest BCUT2D eigenvalue weighted by atomic mass is 9.86. The molecule has 0 aromatic carbocycles. The number of aliphatic hydroxyl groups is 3. The Labute approximate surface area is 160 Å². The van der Waals surface area contributed by atoms with Crippen LogP contribution < -0.4 is 5.73 Å². The molecule has 5 N–H and O–H groups in total. The molecule has 1 aliphatic rings. The Morgan fingerprint density at radius 2 is 1.62 bits per heavy atom. The second kappa shape index (κ2) is 14.6. The maximum Gasteiger partial charge on any atom is 0.0599 e. The van der Waals surface area contributed by atoms with Gasteiger partial charge < -0.3 is 21.1 Å². The van der Waals surface area contributed by atoms with Crippen molar-refractivity contribution in [1.82, 2.24) is 0 Å². The molecule has 1 saturated carbocycles. The molecule has 1 rings (SSSR count). The first-order chi connectivity index (χ1) is 12.6. The summed E-state index contributed by atoms with van der Waals surface area (Å²) in [5.41, 5.74) is 5.50. The summed E-state index contributed by atoms with van der Waals surface area (Å²) in [7, 11) is 0. The van der Waals surface area contributed by atoms with Crippen molar-refractivity contribution >= 4 is 0 Å². The molecule has 1 fully saturated rings. The van der Waals surface area contributed by atoms with Crippen molar-refractivity contribution in [3.8, 4) is 0 Å². The number of nitrogens with two attached hydrogens (primary N) is 1. The molecule has 0 bridgehead atoms. The van der Waals surface area contributed by atoms with E-state index in [2.05, 4.69) is 12.2 Å². The predicted molar refractivity (Wildman–Crippen MR) is 109 cm³/mol. The number of unbranched alkanes of at least 4 members (excludes halogenated alkanes) is 6. The molecule has 0 saturated heterocycles. The Morgan fingerprint density at radius 3 is 2.35 bits per heavy atom. The van der Waals surface area contributed by atoms with Gasteiger partial charge in [-0.1, -0.05) is 51.2 Å². The summed E-state index contributed by atoms with van der Waals surface area (Å²) in [6, 6.07) is 0. The molecule has 0 aliphatic heterocycles. The minimum absolute atomic E-state index is 0.130. The molecule has 0 amide bonds. The van der Waals surface area contributed by atoms with E-state index in [0.717, 1.165) is 64.3 Å². The van der Waals surface area contributed by atoms with E-state index in [1.54, 1.807) is 0 Å². The monoisotopic (exact) mass is 369 g/mol. The van der Waals surface area contributed by atoms with Gasteiger partial charge in [-0.05, 0) is 69.7 Å². The van der Waals surface area contributed by atoms with E-state index in [9.17, 15) is 15.3 Å². The van der Waals surface area contributed by atoms with Gasteiger partial charge in [0.25, 0.3) is 0 Å². The van der Waals surface area contributed by atoms with E-state index in [0.29, 0.717) is 6.42 Å². The second-order valence-corrected chi connectivity index (χ2v) is 8.10. The Kier molecular flexibility index (Phi) is 13.3. The molecule has 1 aliphatic carbocycles. The number of rotatable bonds is 15. The topological polar surface area (TPSA) is 86.7 Å². The molecule has 4 heteroatoms. The molecule has 0 radical (unpaired) electrons. The summed E-state index contributed by atoms with van der Waals surface area (Å²) in [6.45, 7) is 2.78. The van der Waals surface area contributed by atoms with Gasteiger partial charge in [0, 0.05) is 0 Å². The average molecular weight is 370 g/mol. The van der Waals surface area contributed by atoms with E-state index in [4.69, 9.17) is 5.73 Å². The molecule has 26 heavy (non-hydrogen) atoms. The molecule has 0 aromatic rings. The molecule has 0 aromatic heterocycles. The van der Waals surface area contributed by atoms with Gasteiger partial charge in [0.1, 0.15) is 0 Å². The molecule has 3 unspecified atom stereocenters. The van der Waals surface area contributed by atoms with Crippen LogP contribution in [0.25, 0.3) is 0 Å². The van der Waals surface area contributed by atoms with Crippen LogP contribution >= 0.6 is 0 Å². The van der Waals surface area contributed by atoms with Crippen molar-refractivity contribution in [2.75, 3.05) is 6.54 Å². The van der Waals surface area contributed by atoms with E-state index in [-0.39, 0.29) is 30.1 Å². The van der Waals surface area contributed by atoms with Crippen LogP contribution in [-0.4, -0.2) is 40.2 Å². The Morgan fingerprint density at radius 1 is 0.923 bits per heavy atom. The number of allylic oxidation sites excluding steroid dienone is 2. The third kappa shape index (κ3) is 9.50. The lowest BCUT2D eigenvalue weighted by Gasteiger charge is -2.22. The first-order valence-corrected chi connectivity index (χ1v) is 11.0. The van der Waals surface area contributed by atoms with E-state index < -0.39 is 0 Å². The SMILES string of the molecule is CCC(O)CCCCCCCC1C(C/C=C\CCCCN)[C@H](O)C[C@@H]1O. The minimum Gasteiger partial charge on any atom is -0.393 e. The highest BCUT2D eigenvalue weighted by molar-refractivity contribution is 4.96. The molecule has 0 spiro atoms. The van der Waals surface area contributed by atoms with Gasteiger partial charge in [-0.2, -0.15) is 0 Å². The van der Waals surface area contributed by atoms with Crippen molar-refractivity contribution in [2.24, 2.45) is 17.6 Å². The Bertz CT molecular complexity index is 361. The third-order valence-corrected chi connectivity index (χ3v) is 5.97. The lowest BCUT2D eigenvalue weighted by molar-refractivity contribution is 0.108. The normalized spacial score (nSPS) is 27.4. The van der Waals surface area contributed by atoms with Crippen LogP contribution in [0.4, 0.5) is 0 Å². The van der Waals surface area contributed by atoms with Crippen LogP contribution in [0.3, 0.4) is 0 Å². The molecule has 154 valence electrons. The van der Waals surface area contributed by atoms with Crippen molar-refractivity contribution in [2.45, 2.75) is 109 Å². The average Bonchev–Trinajstić information content (AvgIpc) is 2.90. The van der Waals surface area contributed by atoms with Gasteiger partial charge in [-0.25, -0.2) is 0 Å². The molecule has 5 atom stereocenters. The van der Waals surface area contributed by atoms with Gasteiger partial charge in [0.15, 0.2) is 0 Å². The Hall–Kier alpha value is -0.420. The summed E-state index contributed by atoms with van der Waals surface area (Å²) in [6.07, 6.45) is 16.8. The molecular weight excluding hydrogens is 326 g/mol. The summed E-state index contributed by atoms with van der Waals surface area (Å²) in [5, 5.41) is 30.1. The largest absolute Gasteiger partial charge is 0.393 e. The van der Waals surface area contributed by atoms with E-state index in [1.807, 2.05) is 6.92 Å². The first-order valence-electron chi connectivity index (χ1n) is 11.0. The zero-order chi connectivity index (χ0) is 19.2. The van der Waals surface area contributed by atoms with Gasteiger partial charge in [-0.15, -0.1) is 0 Å². The first kappa shape index (κ1) is 23.6. The van der Waals surface area contributed by atoms with Crippen molar-refractivity contribution < 1.29 is 15.3 Å². The molecular formula is C22H43NO3. The zero-order valence-corrected chi connectivity index (χ0v) is 16.9. The quantitative estimate of drug-likeness (QED) is 0.260. The fraction of sp³-hybridized carbons (Fsp3) is 0.909. The highest BCUT2D eigenvalue weighted by atomic mass is 16.3. The zero-order valence-electron chi connectivity index (χ0n) is 16.9. The summed E-state index contributed by atoms with van der Waals surface area (Å²) in [4.78, 5) is 0. The minimum atomic E-state index is -0.362. The third-order valence-electron chi connectivity index (χ3n) is 5.97. The highest BCUT2D eigenvalue weighted by Gasteiger charge is 2.40. The lowest BCUT2D eigenvalue weighted by Crippen LogP contribution is -2.21. The van der Waals surface area contributed by atoms with E-state index in [1.165, 1.54) is 19.3 Å². The van der Waals surface area contributed by atoms with Crippen molar-refractivity contribution in [1.29, 1.82) is 0 Å². The fourth-order valence-corrected chi connectivity index (χ4v) is 4.18. The number of hydrogen-bond donors (Lipinski definition) is 4. The van der Waals surface area contributed by atoms with Crippen molar-refractivity contribution in [3.05, 3.63) is 12.2 Å². The summed E-state index contributed by atoms with van der Waals surface area (Å²) in [5.74, 6) is 0.441. The number of hydrogen-bond acceptors (Lipinski definition) is 4.